The first-order valence-electron chi connectivity index (χ1n) is 13.6. The summed E-state index contributed by atoms with van der Waals surface area (Å²) in [4.78, 5) is 79.8. The highest BCUT2D eigenvalue weighted by atomic mass is 16.4. The number of carboxylic acid groups (broad SMARTS) is 1. The van der Waals surface area contributed by atoms with Crippen LogP contribution in [0, 0.1) is 0 Å². The molecular formula is C31H31N5O7. The van der Waals surface area contributed by atoms with Gasteiger partial charge in [0.25, 0.3) is 5.56 Å². The first-order chi connectivity index (χ1) is 20.6. The van der Waals surface area contributed by atoms with E-state index in [1.807, 2.05) is 0 Å². The quantitative estimate of drug-likeness (QED) is 0.155. The summed E-state index contributed by atoms with van der Waals surface area (Å²) >= 11 is 0. The van der Waals surface area contributed by atoms with Crippen molar-refractivity contribution >= 4 is 34.6 Å². The lowest BCUT2D eigenvalue weighted by atomic mass is 10.0. The van der Waals surface area contributed by atoms with Gasteiger partial charge < -0.3 is 26.5 Å². The summed E-state index contributed by atoms with van der Waals surface area (Å²) in [5, 5.41) is 14.8. The highest BCUT2D eigenvalue weighted by Gasteiger charge is 2.31. The number of aliphatic carboxylic acids is 1. The molecular weight excluding hydrogens is 554 g/mol. The van der Waals surface area contributed by atoms with E-state index >= 15 is 0 Å². The van der Waals surface area contributed by atoms with Crippen LogP contribution in [0.5, 0.6) is 0 Å². The molecule has 1 heterocycles. The molecule has 0 aliphatic heterocycles. The Morgan fingerprint density at radius 2 is 1.33 bits per heavy atom. The summed E-state index contributed by atoms with van der Waals surface area (Å²) in [5.74, 6) is -3.74. The van der Waals surface area contributed by atoms with Gasteiger partial charge in [-0.05, 0) is 29.7 Å². The van der Waals surface area contributed by atoms with E-state index in [0.29, 0.717) is 16.6 Å². The minimum absolute atomic E-state index is 0.0262. The van der Waals surface area contributed by atoms with E-state index in [2.05, 4.69) is 15.6 Å². The van der Waals surface area contributed by atoms with Gasteiger partial charge in [0.15, 0.2) is 0 Å². The van der Waals surface area contributed by atoms with Crippen LogP contribution in [-0.2, 0) is 32.0 Å². The van der Waals surface area contributed by atoms with E-state index in [-0.39, 0.29) is 31.1 Å². The van der Waals surface area contributed by atoms with Crippen molar-refractivity contribution in [1.29, 1.82) is 0 Å². The molecule has 12 heteroatoms. The fraction of sp³-hybridized carbons (Fsp3) is 0.226. The number of para-hydroxylation sites is 1. The normalized spacial score (nSPS) is 13.0. The van der Waals surface area contributed by atoms with Gasteiger partial charge in [-0.25, -0.2) is 14.2 Å². The number of benzene rings is 3. The molecule has 0 unspecified atom stereocenters. The predicted octanol–water partition coefficient (Wildman–Crippen LogP) is 1.04. The lowest BCUT2D eigenvalue weighted by Crippen LogP contribution is -2.55. The maximum absolute atomic E-state index is 13.9. The number of nitrogens with one attached hydrogen (secondary N) is 3. The van der Waals surface area contributed by atoms with E-state index in [0.717, 1.165) is 4.57 Å². The molecule has 0 saturated heterocycles. The highest BCUT2D eigenvalue weighted by Crippen LogP contribution is 2.15. The van der Waals surface area contributed by atoms with Crippen molar-refractivity contribution in [3.05, 3.63) is 117 Å². The fourth-order valence-electron chi connectivity index (χ4n) is 4.74. The van der Waals surface area contributed by atoms with Gasteiger partial charge in [-0.15, -0.1) is 0 Å². The summed E-state index contributed by atoms with van der Waals surface area (Å²) < 4.78 is 0.828. The number of carboxylic acids is 1. The Labute approximate surface area is 245 Å². The number of carbonyl (C=O) groups excluding carboxylic acids is 3. The van der Waals surface area contributed by atoms with Crippen LogP contribution in [0.15, 0.2) is 94.5 Å². The minimum Gasteiger partial charge on any atom is -0.480 e. The molecule has 6 N–H and O–H groups in total. The highest BCUT2D eigenvalue weighted by molar-refractivity contribution is 5.92. The van der Waals surface area contributed by atoms with Crippen LogP contribution in [0.25, 0.3) is 10.9 Å². The Hall–Kier alpha value is -5.52. The SMILES string of the molecule is NC(=O)CC[C@H](NC(=O)[C@H](Cc1ccccc1)NC(=O)[C@H](Cc1ccccc1)n1c(=O)[nH]c2ccccc2c1=O)C(=O)O. The van der Waals surface area contributed by atoms with Crippen molar-refractivity contribution in [2.45, 2.75) is 43.8 Å². The number of aromatic amines is 1. The average Bonchev–Trinajstić information content (AvgIpc) is 2.99. The maximum Gasteiger partial charge on any atom is 0.329 e. The molecule has 0 aliphatic carbocycles. The van der Waals surface area contributed by atoms with Crippen LogP contribution < -0.4 is 27.6 Å². The molecule has 3 atom stereocenters. The number of H-pyrrole nitrogens is 1. The van der Waals surface area contributed by atoms with Gasteiger partial charge in [0.05, 0.1) is 10.9 Å². The Balaban J connectivity index is 1.71. The Morgan fingerprint density at radius 1 is 0.767 bits per heavy atom. The smallest absolute Gasteiger partial charge is 0.329 e. The molecule has 0 fully saturated rings. The topological polar surface area (TPSA) is 193 Å². The molecule has 4 aromatic rings. The molecule has 1 aromatic heterocycles. The number of hydrogen-bond donors (Lipinski definition) is 5. The number of primary amides is 1. The van der Waals surface area contributed by atoms with Crippen molar-refractivity contribution in [3.8, 4) is 0 Å². The van der Waals surface area contributed by atoms with E-state index < -0.39 is 53.1 Å². The van der Waals surface area contributed by atoms with Gasteiger partial charge in [-0.3, -0.25) is 19.2 Å². The molecule has 4 rings (SSSR count). The van der Waals surface area contributed by atoms with Crippen molar-refractivity contribution in [2.75, 3.05) is 0 Å². The molecule has 3 aromatic carbocycles. The Kier molecular flexibility index (Phi) is 9.84. The maximum atomic E-state index is 13.9. The van der Waals surface area contributed by atoms with Gasteiger partial charge in [-0.2, -0.15) is 0 Å². The summed E-state index contributed by atoms with van der Waals surface area (Å²) in [7, 11) is 0. The van der Waals surface area contributed by atoms with E-state index in [1.165, 1.54) is 6.07 Å². The minimum atomic E-state index is -1.44. The number of rotatable bonds is 13. The van der Waals surface area contributed by atoms with Gasteiger partial charge in [-0.1, -0.05) is 72.8 Å². The Bertz CT molecular complexity index is 1730. The summed E-state index contributed by atoms with van der Waals surface area (Å²) in [6.45, 7) is 0. The fourth-order valence-corrected chi connectivity index (χ4v) is 4.74. The van der Waals surface area contributed by atoms with Crippen LogP contribution in [0.3, 0.4) is 0 Å². The predicted molar refractivity (Wildman–Crippen MR) is 158 cm³/mol. The van der Waals surface area contributed by atoms with Crippen LogP contribution in [-0.4, -0.2) is 50.4 Å². The van der Waals surface area contributed by atoms with E-state index in [4.69, 9.17) is 5.73 Å². The van der Waals surface area contributed by atoms with Crippen molar-refractivity contribution in [3.63, 3.8) is 0 Å². The average molecular weight is 586 g/mol. The second-order valence-electron chi connectivity index (χ2n) is 10.0. The van der Waals surface area contributed by atoms with Gasteiger partial charge in [0.2, 0.25) is 17.7 Å². The van der Waals surface area contributed by atoms with Crippen molar-refractivity contribution in [1.82, 2.24) is 20.2 Å². The van der Waals surface area contributed by atoms with Crippen LogP contribution in [0.4, 0.5) is 0 Å². The van der Waals surface area contributed by atoms with Gasteiger partial charge in [0, 0.05) is 19.3 Å². The molecule has 222 valence electrons. The monoisotopic (exact) mass is 585 g/mol. The summed E-state index contributed by atoms with van der Waals surface area (Å²) in [5.41, 5.74) is 5.29. The number of amides is 3. The molecule has 0 saturated carbocycles. The lowest BCUT2D eigenvalue weighted by molar-refractivity contribution is -0.142. The van der Waals surface area contributed by atoms with Crippen LogP contribution in [0.1, 0.15) is 30.0 Å². The zero-order valence-electron chi connectivity index (χ0n) is 23.1. The summed E-state index contributed by atoms with van der Waals surface area (Å²) in [6, 6.07) is 19.8. The molecule has 12 nitrogen and oxygen atoms in total. The lowest BCUT2D eigenvalue weighted by Gasteiger charge is -2.25. The molecule has 0 aliphatic rings. The van der Waals surface area contributed by atoms with Gasteiger partial charge >= 0.3 is 11.7 Å². The zero-order valence-corrected chi connectivity index (χ0v) is 23.1. The largest absolute Gasteiger partial charge is 0.480 e. The van der Waals surface area contributed by atoms with Gasteiger partial charge in [0.1, 0.15) is 18.1 Å². The zero-order chi connectivity index (χ0) is 30.9. The third kappa shape index (κ3) is 7.82. The summed E-state index contributed by atoms with van der Waals surface area (Å²) in [6.07, 6.45) is -0.605. The third-order valence-corrected chi connectivity index (χ3v) is 6.93. The molecule has 0 spiro atoms. The van der Waals surface area contributed by atoms with Crippen LogP contribution >= 0.6 is 0 Å². The number of fused-ring (bicyclic) bond motifs is 1. The Morgan fingerprint density at radius 3 is 1.93 bits per heavy atom. The first kappa shape index (κ1) is 30.4. The number of aromatic nitrogens is 2. The number of nitrogens with zero attached hydrogens (tertiary/aromatic N) is 1. The molecule has 0 radical (unpaired) electrons. The number of carbonyl (C=O) groups is 4. The number of nitrogens with two attached hydrogens (primary N) is 1. The molecule has 43 heavy (non-hydrogen) atoms. The van der Waals surface area contributed by atoms with Crippen molar-refractivity contribution < 1.29 is 24.3 Å². The number of hydrogen-bond acceptors (Lipinski definition) is 6. The van der Waals surface area contributed by atoms with E-state index in [1.54, 1.807) is 78.9 Å². The molecule has 0 bridgehead atoms. The standard InChI is InChI=1S/C31H31N5O7/c32-26(37)16-15-23(30(41)42)33-27(38)24(17-19-9-3-1-4-10-19)34-28(39)25(18-20-11-5-2-6-12-20)36-29(40)21-13-7-8-14-22(21)35-31(36)43/h1-14,23-25H,15-18H2,(H2,32,37)(H,33,38)(H,34,39)(H,35,43)(H,41,42)/t23-,24-,25-/m0/s1. The van der Waals surface area contributed by atoms with Crippen LogP contribution in [0.2, 0.25) is 0 Å². The third-order valence-electron chi connectivity index (χ3n) is 6.93. The van der Waals surface area contributed by atoms with Crippen molar-refractivity contribution in [2.24, 2.45) is 5.73 Å². The molecule has 3 amide bonds. The second-order valence-corrected chi connectivity index (χ2v) is 10.0. The second kappa shape index (κ2) is 13.9. The first-order valence-corrected chi connectivity index (χ1v) is 13.6. The van der Waals surface area contributed by atoms with E-state index in [9.17, 15) is 33.9 Å².